The average Bonchev–Trinajstić information content (AvgIpc) is 2.77. The zero-order valence-corrected chi connectivity index (χ0v) is 16.2. The van der Waals surface area contributed by atoms with E-state index in [1.165, 1.54) is 0 Å². The Hall–Kier alpha value is -3.69. The lowest BCUT2D eigenvalue weighted by Crippen LogP contribution is -2.49. The Balaban J connectivity index is 1.50. The first-order chi connectivity index (χ1) is 14.7. The smallest absolute Gasteiger partial charge is 0.362 e. The first-order valence-corrected chi connectivity index (χ1v) is 9.50. The second-order valence-corrected chi connectivity index (χ2v) is 7.13. The van der Waals surface area contributed by atoms with Crippen molar-refractivity contribution in [2.45, 2.75) is 6.18 Å². The number of nitrogens with zero attached hydrogens (tertiary/aromatic N) is 4. The third-order valence-corrected chi connectivity index (χ3v) is 5.22. The van der Waals surface area contributed by atoms with Gasteiger partial charge in [0.05, 0.1) is 16.0 Å². The number of carbonyl (C=O) groups excluding carboxylic acids is 1. The molecule has 0 atom stereocenters. The van der Waals surface area contributed by atoms with Crippen LogP contribution in [0, 0.1) is 10.1 Å². The Bertz CT molecular complexity index is 1160. The zero-order valence-electron chi connectivity index (χ0n) is 16.2. The number of hydrogen-bond donors (Lipinski definition) is 0. The highest BCUT2D eigenvalue weighted by molar-refractivity contribution is 5.95. The van der Waals surface area contributed by atoms with Gasteiger partial charge in [-0.05, 0) is 24.3 Å². The van der Waals surface area contributed by atoms with E-state index < -0.39 is 22.4 Å². The van der Waals surface area contributed by atoms with Crippen LogP contribution in [0.5, 0.6) is 0 Å². The summed E-state index contributed by atoms with van der Waals surface area (Å²) in [5.41, 5.74) is -0.570. The largest absolute Gasteiger partial charge is 0.416 e. The molecule has 0 spiro atoms. The van der Waals surface area contributed by atoms with Crippen LogP contribution in [0.15, 0.2) is 54.6 Å². The van der Waals surface area contributed by atoms with Crippen LogP contribution in [0.25, 0.3) is 10.9 Å². The Labute approximate surface area is 174 Å². The quantitative estimate of drug-likeness (QED) is 0.461. The van der Waals surface area contributed by atoms with Crippen molar-refractivity contribution in [3.63, 3.8) is 0 Å². The highest BCUT2D eigenvalue weighted by Crippen LogP contribution is 2.36. The van der Waals surface area contributed by atoms with Crippen LogP contribution in [0.1, 0.15) is 16.1 Å². The first kappa shape index (κ1) is 20.6. The topological polar surface area (TPSA) is 79.6 Å². The van der Waals surface area contributed by atoms with Crippen molar-refractivity contribution >= 4 is 28.2 Å². The fourth-order valence-corrected chi connectivity index (χ4v) is 3.61. The maximum Gasteiger partial charge on any atom is 0.416 e. The number of pyridine rings is 1. The predicted octanol–water partition coefficient (Wildman–Crippen LogP) is 4.12. The summed E-state index contributed by atoms with van der Waals surface area (Å²) in [4.78, 5) is 31.0. The van der Waals surface area contributed by atoms with E-state index in [1.807, 2.05) is 30.3 Å². The molecule has 1 fully saturated rings. The van der Waals surface area contributed by atoms with E-state index in [4.69, 9.17) is 0 Å². The Kier molecular flexibility index (Phi) is 5.22. The van der Waals surface area contributed by atoms with Gasteiger partial charge in [-0.3, -0.25) is 14.9 Å². The third kappa shape index (κ3) is 4.14. The van der Waals surface area contributed by atoms with Gasteiger partial charge in [0.2, 0.25) is 0 Å². The molecule has 2 aromatic carbocycles. The number of halogens is 3. The molecule has 10 heteroatoms. The number of benzene rings is 2. The minimum atomic E-state index is -4.67. The molecule has 0 aliphatic carbocycles. The molecule has 0 N–H and O–H groups in total. The Morgan fingerprint density at radius 1 is 1.00 bits per heavy atom. The average molecular weight is 430 g/mol. The van der Waals surface area contributed by atoms with E-state index in [-0.39, 0.29) is 37.8 Å². The van der Waals surface area contributed by atoms with Gasteiger partial charge in [0.1, 0.15) is 11.4 Å². The van der Waals surface area contributed by atoms with Crippen LogP contribution in [0.2, 0.25) is 0 Å². The Morgan fingerprint density at radius 3 is 2.39 bits per heavy atom. The maximum absolute atomic E-state index is 12.9. The van der Waals surface area contributed by atoms with Gasteiger partial charge in [-0.25, -0.2) is 4.98 Å². The molecular formula is C21H17F3N4O3. The monoisotopic (exact) mass is 430 g/mol. The first-order valence-electron chi connectivity index (χ1n) is 9.50. The van der Waals surface area contributed by atoms with E-state index in [0.29, 0.717) is 17.3 Å². The number of piperazine rings is 1. The number of amides is 1. The number of anilines is 1. The maximum atomic E-state index is 12.9. The van der Waals surface area contributed by atoms with Gasteiger partial charge in [-0.2, -0.15) is 13.2 Å². The highest BCUT2D eigenvalue weighted by atomic mass is 19.4. The van der Waals surface area contributed by atoms with Gasteiger partial charge in [0.15, 0.2) is 0 Å². The fraction of sp³-hybridized carbons (Fsp3) is 0.238. The number of para-hydroxylation sites is 1. The van der Waals surface area contributed by atoms with Gasteiger partial charge in [0.25, 0.3) is 11.6 Å². The predicted molar refractivity (Wildman–Crippen MR) is 108 cm³/mol. The standard InChI is InChI=1S/C21H17F3N4O3/c22-21(23,24)15-6-8-18(19(13-15)28(30)31)26-9-11-27(12-10-26)20(29)17-7-5-14-3-1-2-4-16(14)25-17/h1-8,13H,9-12H2. The van der Waals surface area contributed by atoms with Crippen molar-refractivity contribution in [2.75, 3.05) is 31.1 Å². The molecule has 3 aromatic rings. The molecular weight excluding hydrogens is 413 g/mol. The molecule has 4 rings (SSSR count). The minimum Gasteiger partial charge on any atom is -0.362 e. The highest BCUT2D eigenvalue weighted by Gasteiger charge is 2.34. The van der Waals surface area contributed by atoms with Crippen LogP contribution in [0.4, 0.5) is 24.5 Å². The van der Waals surface area contributed by atoms with E-state index >= 15 is 0 Å². The molecule has 1 saturated heterocycles. The number of nitro benzene ring substituents is 1. The molecule has 0 bridgehead atoms. The van der Waals surface area contributed by atoms with Gasteiger partial charge < -0.3 is 9.80 Å². The molecule has 7 nitrogen and oxygen atoms in total. The number of fused-ring (bicyclic) bond motifs is 1. The molecule has 0 saturated carbocycles. The lowest BCUT2D eigenvalue weighted by molar-refractivity contribution is -0.384. The second-order valence-electron chi connectivity index (χ2n) is 7.13. The summed E-state index contributed by atoms with van der Waals surface area (Å²) in [5.74, 6) is -0.257. The summed E-state index contributed by atoms with van der Waals surface area (Å²) in [6, 6.07) is 13.4. The summed E-state index contributed by atoms with van der Waals surface area (Å²) in [5, 5.41) is 12.3. The van der Waals surface area contributed by atoms with E-state index in [0.717, 1.165) is 17.5 Å². The Morgan fingerprint density at radius 2 is 1.71 bits per heavy atom. The van der Waals surface area contributed by atoms with Crippen molar-refractivity contribution in [2.24, 2.45) is 0 Å². The van der Waals surface area contributed by atoms with Crippen LogP contribution in [-0.2, 0) is 6.18 Å². The summed E-state index contributed by atoms with van der Waals surface area (Å²) in [6.07, 6.45) is -4.67. The van der Waals surface area contributed by atoms with Crippen molar-refractivity contribution in [1.82, 2.24) is 9.88 Å². The molecule has 1 aromatic heterocycles. The summed E-state index contributed by atoms with van der Waals surface area (Å²) in [6.45, 7) is 1.05. The van der Waals surface area contributed by atoms with Crippen LogP contribution < -0.4 is 4.90 Å². The van der Waals surface area contributed by atoms with Gasteiger partial charge in [0, 0.05) is 37.6 Å². The molecule has 0 radical (unpaired) electrons. The summed E-state index contributed by atoms with van der Waals surface area (Å²) >= 11 is 0. The SMILES string of the molecule is O=C(c1ccc2ccccc2n1)N1CCN(c2ccc(C(F)(F)F)cc2[N+](=O)[O-])CC1. The lowest BCUT2D eigenvalue weighted by atomic mass is 10.1. The lowest BCUT2D eigenvalue weighted by Gasteiger charge is -2.35. The summed E-state index contributed by atoms with van der Waals surface area (Å²) < 4.78 is 38.8. The van der Waals surface area contributed by atoms with Gasteiger partial charge >= 0.3 is 6.18 Å². The van der Waals surface area contributed by atoms with Crippen molar-refractivity contribution in [1.29, 1.82) is 0 Å². The second kappa shape index (κ2) is 7.86. The molecule has 1 aliphatic heterocycles. The van der Waals surface area contributed by atoms with Gasteiger partial charge in [-0.15, -0.1) is 0 Å². The van der Waals surface area contributed by atoms with Crippen molar-refractivity contribution in [3.05, 3.63) is 76.0 Å². The molecule has 160 valence electrons. The fourth-order valence-electron chi connectivity index (χ4n) is 3.61. The third-order valence-electron chi connectivity index (χ3n) is 5.22. The molecule has 1 amide bonds. The number of rotatable bonds is 3. The van der Waals surface area contributed by atoms with Crippen molar-refractivity contribution < 1.29 is 22.9 Å². The van der Waals surface area contributed by atoms with E-state index in [1.54, 1.807) is 15.9 Å². The van der Waals surface area contributed by atoms with Crippen LogP contribution in [-0.4, -0.2) is 46.9 Å². The normalized spacial score (nSPS) is 14.7. The zero-order chi connectivity index (χ0) is 22.2. The molecule has 0 unspecified atom stereocenters. The summed E-state index contributed by atoms with van der Waals surface area (Å²) in [7, 11) is 0. The number of hydrogen-bond acceptors (Lipinski definition) is 5. The van der Waals surface area contributed by atoms with Crippen LogP contribution >= 0.6 is 0 Å². The number of alkyl halides is 3. The number of nitro groups is 1. The minimum absolute atomic E-state index is 0.105. The van der Waals surface area contributed by atoms with E-state index in [2.05, 4.69) is 4.98 Å². The number of carbonyl (C=O) groups is 1. The van der Waals surface area contributed by atoms with Crippen molar-refractivity contribution in [3.8, 4) is 0 Å². The van der Waals surface area contributed by atoms with E-state index in [9.17, 15) is 28.1 Å². The number of aromatic nitrogens is 1. The van der Waals surface area contributed by atoms with Gasteiger partial charge in [-0.1, -0.05) is 24.3 Å². The molecule has 1 aliphatic rings. The molecule has 31 heavy (non-hydrogen) atoms. The van der Waals surface area contributed by atoms with Crippen LogP contribution in [0.3, 0.4) is 0 Å². The molecule has 2 heterocycles.